The zero-order valence-corrected chi connectivity index (χ0v) is 11.7. The molecule has 5 heteroatoms. The average molecular weight is 318 g/mol. The van der Waals surface area contributed by atoms with E-state index in [4.69, 9.17) is 11.6 Å². The molecule has 2 heterocycles. The molecule has 0 saturated carbocycles. The van der Waals surface area contributed by atoms with Crippen LogP contribution < -0.4 is 5.32 Å². The number of nitrogens with zero attached hydrogens (tertiary/aromatic N) is 1. The van der Waals surface area contributed by atoms with E-state index >= 15 is 0 Å². The van der Waals surface area contributed by atoms with Crippen LogP contribution in [0.4, 0.5) is 5.82 Å². The molecule has 1 atom stereocenters. The van der Waals surface area contributed by atoms with E-state index in [0.29, 0.717) is 5.15 Å². The lowest BCUT2D eigenvalue weighted by molar-refractivity contribution is 0.896. The summed E-state index contributed by atoms with van der Waals surface area (Å²) in [5.41, 5.74) is 0. The number of hydrogen-bond acceptors (Lipinski definition) is 3. The Morgan fingerprint density at radius 3 is 2.94 bits per heavy atom. The summed E-state index contributed by atoms with van der Waals surface area (Å²) in [6.45, 7) is 2.10. The Bertz CT molecular complexity index is 486. The van der Waals surface area contributed by atoms with E-state index in [-0.39, 0.29) is 6.04 Å². The van der Waals surface area contributed by atoms with Crippen molar-refractivity contribution in [2.24, 2.45) is 0 Å². The van der Waals surface area contributed by atoms with Gasteiger partial charge in [0.05, 0.1) is 6.04 Å². The van der Waals surface area contributed by atoms with E-state index in [2.05, 4.69) is 44.6 Å². The molecule has 16 heavy (non-hydrogen) atoms. The van der Waals surface area contributed by atoms with Crippen LogP contribution in [0.3, 0.4) is 0 Å². The van der Waals surface area contributed by atoms with E-state index in [1.54, 1.807) is 17.4 Å². The number of hydrogen-bond donors (Lipinski definition) is 1. The van der Waals surface area contributed by atoms with Gasteiger partial charge in [-0.1, -0.05) is 17.7 Å². The third kappa shape index (κ3) is 2.97. The van der Waals surface area contributed by atoms with E-state index in [0.717, 1.165) is 10.3 Å². The molecular formula is C11H10BrClN2S. The largest absolute Gasteiger partial charge is 0.363 e. The molecule has 2 aromatic rings. The number of aromatic nitrogens is 1. The summed E-state index contributed by atoms with van der Waals surface area (Å²) < 4.78 is 1.11. The number of thiophene rings is 1. The van der Waals surface area contributed by atoms with Crippen molar-refractivity contribution in [3.63, 3.8) is 0 Å². The third-order valence-corrected chi connectivity index (χ3v) is 4.18. The van der Waals surface area contributed by atoms with Crippen LogP contribution >= 0.6 is 38.9 Å². The Morgan fingerprint density at radius 2 is 2.31 bits per heavy atom. The molecule has 0 spiro atoms. The van der Waals surface area contributed by atoms with Crippen molar-refractivity contribution in [3.05, 3.63) is 44.1 Å². The van der Waals surface area contributed by atoms with Crippen LogP contribution in [-0.2, 0) is 0 Å². The van der Waals surface area contributed by atoms with Crippen molar-refractivity contribution in [1.29, 1.82) is 0 Å². The van der Waals surface area contributed by atoms with Crippen LogP contribution in [0.25, 0.3) is 0 Å². The molecule has 0 aliphatic heterocycles. The lowest BCUT2D eigenvalue weighted by Gasteiger charge is -2.12. The fourth-order valence-corrected chi connectivity index (χ4v) is 2.95. The van der Waals surface area contributed by atoms with Crippen molar-refractivity contribution in [2.45, 2.75) is 13.0 Å². The van der Waals surface area contributed by atoms with Gasteiger partial charge in [-0.25, -0.2) is 4.98 Å². The summed E-state index contributed by atoms with van der Waals surface area (Å²) in [5.74, 6) is 0.796. The van der Waals surface area contributed by atoms with E-state index in [1.165, 1.54) is 4.88 Å². The normalized spacial score (nSPS) is 12.4. The second kappa shape index (κ2) is 5.17. The molecule has 0 aliphatic rings. The maximum Gasteiger partial charge on any atom is 0.131 e. The molecular weight excluding hydrogens is 308 g/mol. The molecule has 84 valence electrons. The van der Waals surface area contributed by atoms with Gasteiger partial charge in [-0.05, 0) is 41.1 Å². The van der Waals surface area contributed by atoms with Gasteiger partial charge in [-0.2, -0.15) is 0 Å². The first kappa shape index (κ1) is 11.9. The van der Waals surface area contributed by atoms with Crippen molar-refractivity contribution in [1.82, 2.24) is 4.98 Å². The van der Waals surface area contributed by atoms with Gasteiger partial charge in [0.2, 0.25) is 0 Å². The Morgan fingerprint density at radius 1 is 1.50 bits per heavy atom. The molecule has 0 saturated heterocycles. The van der Waals surface area contributed by atoms with Gasteiger partial charge < -0.3 is 5.32 Å². The Balaban J connectivity index is 2.10. The Hall–Kier alpha value is -0.580. The molecule has 0 fully saturated rings. The van der Waals surface area contributed by atoms with Crippen LogP contribution in [0.1, 0.15) is 17.8 Å². The molecule has 0 radical (unpaired) electrons. The van der Waals surface area contributed by atoms with Gasteiger partial charge in [-0.15, -0.1) is 11.3 Å². The van der Waals surface area contributed by atoms with Gasteiger partial charge in [0.25, 0.3) is 0 Å². The highest BCUT2D eigenvalue weighted by Crippen LogP contribution is 2.27. The molecule has 0 aliphatic carbocycles. The highest BCUT2D eigenvalue weighted by molar-refractivity contribution is 9.10. The molecule has 2 aromatic heterocycles. The van der Waals surface area contributed by atoms with Crippen LogP contribution in [-0.4, -0.2) is 4.98 Å². The van der Waals surface area contributed by atoms with Crippen LogP contribution in [0.2, 0.25) is 5.15 Å². The second-order valence-electron chi connectivity index (χ2n) is 3.38. The predicted molar refractivity (Wildman–Crippen MR) is 73.3 cm³/mol. The number of nitrogens with one attached hydrogen (secondary N) is 1. The minimum absolute atomic E-state index is 0.224. The van der Waals surface area contributed by atoms with Crippen LogP contribution in [0.15, 0.2) is 34.1 Å². The Kier molecular flexibility index (Phi) is 3.84. The topological polar surface area (TPSA) is 24.9 Å². The maximum atomic E-state index is 5.82. The monoisotopic (exact) mass is 316 g/mol. The summed E-state index contributed by atoms with van der Waals surface area (Å²) in [7, 11) is 0. The average Bonchev–Trinajstić information content (AvgIpc) is 2.65. The SMILES string of the molecule is CC(Nc1cccc(Cl)n1)c1cc(Br)cs1. The summed E-state index contributed by atoms with van der Waals surface area (Å²) in [4.78, 5) is 5.45. The maximum absolute atomic E-state index is 5.82. The summed E-state index contributed by atoms with van der Waals surface area (Å²) in [5, 5.41) is 5.88. The van der Waals surface area contributed by atoms with Gasteiger partial charge in [0, 0.05) is 14.7 Å². The van der Waals surface area contributed by atoms with E-state index in [9.17, 15) is 0 Å². The summed E-state index contributed by atoms with van der Waals surface area (Å²) >= 11 is 11.0. The Labute approximate surface area is 112 Å². The van der Waals surface area contributed by atoms with Gasteiger partial charge in [0.15, 0.2) is 0 Å². The second-order valence-corrected chi connectivity index (χ2v) is 5.62. The zero-order chi connectivity index (χ0) is 11.5. The smallest absolute Gasteiger partial charge is 0.131 e. The lowest BCUT2D eigenvalue weighted by atomic mass is 10.3. The number of anilines is 1. The number of halogens is 2. The number of rotatable bonds is 3. The summed E-state index contributed by atoms with van der Waals surface area (Å²) in [6.07, 6.45) is 0. The van der Waals surface area contributed by atoms with E-state index < -0.39 is 0 Å². The summed E-state index contributed by atoms with van der Waals surface area (Å²) in [6, 6.07) is 7.88. The van der Waals surface area contributed by atoms with Crippen LogP contribution in [0, 0.1) is 0 Å². The fraction of sp³-hybridized carbons (Fsp3) is 0.182. The highest BCUT2D eigenvalue weighted by atomic mass is 79.9. The first-order chi connectivity index (χ1) is 7.65. The third-order valence-electron chi connectivity index (χ3n) is 2.09. The van der Waals surface area contributed by atoms with Gasteiger partial charge >= 0.3 is 0 Å². The van der Waals surface area contributed by atoms with Gasteiger partial charge in [0.1, 0.15) is 11.0 Å². The molecule has 0 amide bonds. The quantitative estimate of drug-likeness (QED) is 0.828. The lowest BCUT2D eigenvalue weighted by Crippen LogP contribution is -2.06. The first-order valence-corrected chi connectivity index (χ1v) is 6.83. The highest BCUT2D eigenvalue weighted by Gasteiger charge is 2.08. The van der Waals surface area contributed by atoms with Crippen molar-refractivity contribution >= 4 is 44.7 Å². The first-order valence-electron chi connectivity index (χ1n) is 4.78. The fourth-order valence-electron chi connectivity index (χ4n) is 1.34. The molecule has 0 aromatic carbocycles. The zero-order valence-electron chi connectivity index (χ0n) is 8.58. The minimum atomic E-state index is 0.224. The van der Waals surface area contributed by atoms with Crippen molar-refractivity contribution < 1.29 is 0 Å². The molecule has 1 unspecified atom stereocenters. The molecule has 0 bridgehead atoms. The van der Waals surface area contributed by atoms with Gasteiger partial charge in [-0.3, -0.25) is 0 Å². The molecule has 2 rings (SSSR count). The van der Waals surface area contributed by atoms with Crippen molar-refractivity contribution in [3.8, 4) is 0 Å². The van der Waals surface area contributed by atoms with Crippen LogP contribution in [0.5, 0.6) is 0 Å². The van der Waals surface area contributed by atoms with E-state index in [1.807, 2.05) is 12.1 Å². The predicted octanol–water partition coefficient (Wildman–Crippen LogP) is 4.73. The number of pyridine rings is 1. The minimum Gasteiger partial charge on any atom is -0.363 e. The van der Waals surface area contributed by atoms with Crippen molar-refractivity contribution in [2.75, 3.05) is 5.32 Å². The molecule has 2 nitrogen and oxygen atoms in total. The molecule has 1 N–H and O–H groups in total. The standard InChI is InChI=1S/C11H10BrClN2S/c1-7(9-5-8(12)6-16-9)14-11-4-2-3-10(13)15-11/h2-7H,1H3,(H,14,15).